The smallest absolute Gasteiger partial charge is 0.250 e. The highest BCUT2D eigenvalue weighted by Crippen LogP contribution is 2.14. The van der Waals surface area contributed by atoms with Crippen LogP contribution in [0.5, 0.6) is 0 Å². The minimum Gasteiger partial charge on any atom is -0.375 e. The molecule has 0 spiro atoms. The highest BCUT2D eigenvalue weighted by Gasteiger charge is 2.03. The Hall–Kier alpha value is -1.92. The molecule has 1 rings (SSSR count). The minimum absolute atomic E-state index is 0.0135. The van der Waals surface area contributed by atoms with Crippen molar-refractivity contribution in [3.63, 3.8) is 0 Å². The van der Waals surface area contributed by atoms with Crippen molar-refractivity contribution in [1.29, 1.82) is 0 Å². The van der Waals surface area contributed by atoms with Crippen LogP contribution in [0.1, 0.15) is 19.3 Å². The highest BCUT2D eigenvalue weighted by molar-refractivity contribution is 5.93. The molecule has 6 nitrogen and oxygen atoms in total. The second kappa shape index (κ2) is 9.06. The van der Waals surface area contributed by atoms with Crippen molar-refractivity contribution in [3.8, 4) is 0 Å². The number of anilines is 2. The number of hydrogen-bond donors (Lipinski definition) is 3. The lowest BCUT2D eigenvalue weighted by atomic mass is 10.2. The molecule has 0 aliphatic carbocycles. The van der Waals surface area contributed by atoms with E-state index in [-0.39, 0.29) is 18.4 Å². The predicted octanol–water partition coefficient (Wildman–Crippen LogP) is 1.34. The third-order valence-electron chi connectivity index (χ3n) is 2.59. The Morgan fingerprint density at radius 3 is 2.10 bits per heavy atom. The topological polar surface area (TPSA) is 93.5 Å². The fraction of sp³-hybridized carbons (Fsp3) is 0.429. The maximum Gasteiger partial charge on any atom is 0.250 e. The number of hydrogen-bond acceptors (Lipinski definition) is 4. The Kier molecular flexibility index (Phi) is 7.31. The Morgan fingerprint density at radius 1 is 1.05 bits per heavy atom. The number of rotatable bonds is 8. The first-order valence-electron chi connectivity index (χ1n) is 6.54. The second-order valence-corrected chi connectivity index (χ2v) is 4.35. The predicted molar refractivity (Wildman–Crippen MR) is 78.5 cm³/mol. The molecule has 110 valence electrons. The molecule has 0 saturated carbocycles. The normalized spacial score (nSPS) is 10.1. The molecule has 0 aliphatic heterocycles. The molecule has 20 heavy (non-hydrogen) atoms. The second-order valence-electron chi connectivity index (χ2n) is 4.35. The van der Waals surface area contributed by atoms with Gasteiger partial charge in [0.05, 0.1) is 0 Å². The van der Waals surface area contributed by atoms with Crippen LogP contribution in [0.25, 0.3) is 0 Å². The van der Waals surface area contributed by atoms with Crippen LogP contribution >= 0.6 is 0 Å². The molecule has 0 aromatic heterocycles. The summed E-state index contributed by atoms with van der Waals surface area (Å²) < 4.78 is 4.72. The monoisotopic (exact) mass is 279 g/mol. The van der Waals surface area contributed by atoms with Gasteiger partial charge < -0.3 is 21.1 Å². The number of nitrogens with one attached hydrogen (secondary N) is 2. The number of carbonyl (C=O) groups excluding carboxylic acids is 2. The van der Waals surface area contributed by atoms with E-state index >= 15 is 0 Å². The van der Waals surface area contributed by atoms with E-state index in [1.807, 2.05) is 0 Å². The van der Waals surface area contributed by atoms with Gasteiger partial charge in [-0.1, -0.05) is 0 Å². The number of methoxy groups -OCH3 is 1. The average Bonchev–Trinajstić information content (AvgIpc) is 2.41. The Balaban J connectivity index is 2.42. The molecule has 0 radical (unpaired) electrons. The van der Waals surface area contributed by atoms with Crippen LogP contribution in [-0.4, -0.2) is 32.1 Å². The maximum absolute atomic E-state index is 11.6. The van der Waals surface area contributed by atoms with Gasteiger partial charge in [-0.05, 0) is 43.7 Å². The van der Waals surface area contributed by atoms with Gasteiger partial charge in [0.15, 0.2) is 0 Å². The Bertz CT molecular complexity index is 432. The van der Waals surface area contributed by atoms with Crippen LogP contribution in [0.15, 0.2) is 24.3 Å². The largest absolute Gasteiger partial charge is 0.375 e. The van der Waals surface area contributed by atoms with Crippen LogP contribution in [0.2, 0.25) is 0 Å². The summed E-state index contributed by atoms with van der Waals surface area (Å²) in [5.41, 5.74) is 6.73. The summed E-state index contributed by atoms with van der Waals surface area (Å²) in [5.74, 6) is -0.249. The molecule has 0 fully saturated rings. The number of benzene rings is 1. The minimum atomic E-state index is -0.217. The van der Waals surface area contributed by atoms with Crippen molar-refractivity contribution in [2.75, 3.05) is 30.9 Å². The first-order chi connectivity index (χ1) is 9.65. The number of amides is 2. The third kappa shape index (κ3) is 6.31. The molecule has 0 heterocycles. The fourth-order valence-electron chi connectivity index (χ4n) is 1.62. The zero-order chi connectivity index (χ0) is 14.8. The summed E-state index contributed by atoms with van der Waals surface area (Å²) in [6.45, 7) is 0.614. The van der Waals surface area contributed by atoms with E-state index in [1.54, 1.807) is 24.3 Å². The van der Waals surface area contributed by atoms with Gasteiger partial charge >= 0.3 is 0 Å². The maximum atomic E-state index is 11.6. The Labute approximate surface area is 118 Å². The zero-order valence-corrected chi connectivity index (χ0v) is 11.6. The molecule has 0 unspecified atom stereocenters. The molecule has 0 saturated heterocycles. The van der Waals surface area contributed by atoms with Gasteiger partial charge in [0.25, 0.3) is 0 Å². The van der Waals surface area contributed by atoms with Gasteiger partial charge in [0.2, 0.25) is 11.8 Å². The molecule has 6 heteroatoms. The van der Waals surface area contributed by atoms with E-state index in [4.69, 9.17) is 10.5 Å². The SMILES string of the molecule is COCC(=O)Nc1ccc(NC(=O)CCCCN)cc1. The van der Waals surface area contributed by atoms with Crippen LogP contribution in [-0.2, 0) is 14.3 Å². The first-order valence-corrected chi connectivity index (χ1v) is 6.54. The van der Waals surface area contributed by atoms with E-state index in [1.165, 1.54) is 7.11 Å². The van der Waals surface area contributed by atoms with Crippen molar-refractivity contribution in [2.45, 2.75) is 19.3 Å². The summed E-state index contributed by atoms with van der Waals surface area (Å²) in [4.78, 5) is 22.9. The third-order valence-corrected chi connectivity index (χ3v) is 2.59. The summed E-state index contributed by atoms with van der Waals surface area (Å²) in [7, 11) is 1.46. The van der Waals surface area contributed by atoms with E-state index in [2.05, 4.69) is 10.6 Å². The first kappa shape index (κ1) is 16.1. The highest BCUT2D eigenvalue weighted by atomic mass is 16.5. The van der Waals surface area contributed by atoms with Crippen molar-refractivity contribution in [3.05, 3.63) is 24.3 Å². The molecule has 0 atom stereocenters. The molecule has 0 aliphatic rings. The molecule has 0 bridgehead atoms. The average molecular weight is 279 g/mol. The quantitative estimate of drug-likeness (QED) is 0.626. The zero-order valence-electron chi connectivity index (χ0n) is 11.6. The van der Waals surface area contributed by atoms with E-state index in [0.29, 0.717) is 24.3 Å². The Morgan fingerprint density at radius 2 is 1.60 bits per heavy atom. The van der Waals surface area contributed by atoms with Crippen LogP contribution in [0.4, 0.5) is 11.4 Å². The van der Waals surface area contributed by atoms with Gasteiger partial charge in [-0.15, -0.1) is 0 Å². The van der Waals surface area contributed by atoms with E-state index < -0.39 is 0 Å². The summed E-state index contributed by atoms with van der Waals surface area (Å²) in [6, 6.07) is 6.93. The lowest BCUT2D eigenvalue weighted by Gasteiger charge is -2.07. The number of unbranched alkanes of at least 4 members (excludes halogenated alkanes) is 1. The fourth-order valence-corrected chi connectivity index (χ4v) is 1.62. The lowest BCUT2D eigenvalue weighted by molar-refractivity contribution is -0.119. The van der Waals surface area contributed by atoms with Gasteiger partial charge in [0, 0.05) is 24.9 Å². The number of ether oxygens (including phenoxy) is 1. The molecular formula is C14H21N3O3. The summed E-state index contributed by atoms with van der Waals surface area (Å²) in [5, 5.41) is 5.46. The standard InChI is InChI=1S/C14H21N3O3/c1-20-10-14(19)17-12-7-5-11(6-8-12)16-13(18)4-2-3-9-15/h5-8H,2-4,9-10,15H2,1H3,(H,16,18)(H,17,19). The molecule has 4 N–H and O–H groups in total. The number of carbonyl (C=O) groups is 2. The summed E-state index contributed by atoms with van der Waals surface area (Å²) in [6.07, 6.45) is 2.09. The molecule has 1 aromatic rings. The van der Waals surface area contributed by atoms with Gasteiger partial charge in [-0.3, -0.25) is 9.59 Å². The van der Waals surface area contributed by atoms with E-state index in [9.17, 15) is 9.59 Å². The van der Waals surface area contributed by atoms with Gasteiger partial charge in [0.1, 0.15) is 6.61 Å². The van der Waals surface area contributed by atoms with Crippen molar-refractivity contribution >= 4 is 23.2 Å². The number of nitrogens with two attached hydrogens (primary N) is 1. The van der Waals surface area contributed by atoms with Gasteiger partial charge in [-0.25, -0.2) is 0 Å². The van der Waals surface area contributed by atoms with Crippen LogP contribution in [0.3, 0.4) is 0 Å². The van der Waals surface area contributed by atoms with Crippen molar-refractivity contribution in [2.24, 2.45) is 5.73 Å². The summed E-state index contributed by atoms with van der Waals surface area (Å²) >= 11 is 0. The van der Waals surface area contributed by atoms with Crippen molar-refractivity contribution < 1.29 is 14.3 Å². The molecular weight excluding hydrogens is 258 g/mol. The van der Waals surface area contributed by atoms with Crippen LogP contribution < -0.4 is 16.4 Å². The van der Waals surface area contributed by atoms with E-state index in [0.717, 1.165) is 12.8 Å². The molecule has 1 aromatic carbocycles. The molecule has 2 amide bonds. The lowest BCUT2D eigenvalue weighted by Crippen LogP contribution is -2.17. The van der Waals surface area contributed by atoms with Crippen LogP contribution in [0, 0.1) is 0 Å². The van der Waals surface area contributed by atoms with Crippen molar-refractivity contribution in [1.82, 2.24) is 0 Å². The van der Waals surface area contributed by atoms with Gasteiger partial charge in [-0.2, -0.15) is 0 Å².